The lowest BCUT2D eigenvalue weighted by Crippen LogP contribution is -2.56. The second kappa shape index (κ2) is 4.77. The van der Waals surface area contributed by atoms with Crippen molar-refractivity contribution in [2.24, 2.45) is 5.41 Å². The van der Waals surface area contributed by atoms with Gasteiger partial charge in [0.15, 0.2) is 5.54 Å². The summed E-state index contributed by atoms with van der Waals surface area (Å²) in [7, 11) is 1.70. The maximum atomic E-state index is 13.8. The van der Waals surface area contributed by atoms with Gasteiger partial charge in [0.1, 0.15) is 5.82 Å². The summed E-state index contributed by atoms with van der Waals surface area (Å²) >= 11 is 0. The Kier molecular flexibility index (Phi) is 3.04. The number of imide groups is 1. The summed E-state index contributed by atoms with van der Waals surface area (Å²) in [5.41, 5.74) is -0.00872. The molecular formula is C17H19FN2O3. The van der Waals surface area contributed by atoms with E-state index in [9.17, 15) is 14.0 Å². The van der Waals surface area contributed by atoms with E-state index in [0.717, 1.165) is 31.2 Å². The number of carbonyl (C=O) groups excluding carboxylic acids is 2. The maximum absolute atomic E-state index is 13.8. The van der Waals surface area contributed by atoms with Gasteiger partial charge >= 0.3 is 6.03 Å². The van der Waals surface area contributed by atoms with Crippen LogP contribution in [0, 0.1) is 11.2 Å². The number of carbonyl (C=O) groups is 2. The zero-order valence-corrected chi connectivity index (χ0v) is 12.9. The highest BCUT2D eigenvalue weighted by atomic mass is 19.1. The molecule has 3 aliphatic rings. The molecule has 4 rings (SSSR count). The predicted octanol–water partition coefficient (Wildman–Crippen LogP) is 1.99. The van der Waals surface area contributed by atoms with Crippen molar-refractivity contribution >= 4 is 11.9 Å². The minimum absolute atomic E-state index is 0.179. The van der Waals surface area contributed by atoms with E-state index in [1.165, 1.54) is 12.1 Å². The summed E-state index contributed by atoms with van der Waals surface area (Å²) in [6.07, 6.45) is 4.03. The minimum Gasteiger partial charge on any atom is -0.381 e. The van der Waals surface area contributed by atoms with Crippen LogP contribution in [-0.2, 0) is 21.5 Å². The highest BCUT2D eigenvalue weighted by Gasteiger charge is 2.66. The molecule has 1 aliphatic heterocycles. The van der Waals surface area contributed by atoms with E-state index in [0.29, 0.717) is 12.0 Å². The first kappa shape index (κ1) is 14.6. The van der Waals surface area contributed by atoms with Gasteiger partial charge in [-0.25, -0.2) is 9.18 Å². The number of fused-ring (bicyclic) bond motifs is 3. The second-order valence-corrected chi connectivity index (χ2v) is 6.85. The van der Waals surface area contributed by atoms with Crippen LogP contribution in [0.25, 0.3) is 0 Å². The van der Waals surface area contributed by atoms with E-state index in [-0.39, 0.29) is 17.8 Å². The van der Waals surface area contributed by atoms with Crippen LogP contribution in [0.4, 0.5) is 9.18 Å². The van der Waals surface area contributed by atoms with Crippen LogP contribution in [0.1, 0.15) is 36.8 Å². The van der Waals surface area contributed by atoms with Gasteiger partial charge in [0.05, 0.1) is 6.10 Å². The number of methoxy groups -OCH3 is 1. The van der Waals surface area contributed by atoms with Gasteiger partial charge in [-0.3, -0.25) is 10.1 Å². The molecule has 0 bridgehead atoms. The van der Waals surface area contributed by atoms with Gasteiger partial charge in [0.2, 0.25) is 0 Å². The topological polar surface area (TPSA) is 67.4 Å². The Morgan fingerprint density at radius 2 is 2.00 bits per heavy atom. The third-order valence-electron chi connectivity index (χ3n) is 5.89. The number of nitrogens with one attached hydrogen (secondary N) is 2. The van der Waals surface area contributed by atoms with Gasteiger partial charge in [0.25, 0.3) is 5.91 Å². The molecule has 23 heavy (non-hydrogen) atoms. The van der Waals surface area contributed by atoms with Crippen molar-refractivity contribution in [1.82, 2.24) is 10.6 Å². The van der Waals surface area contributed by atoms with Gasteiger partial charge in [-0.1, -0.05) is 6.07 Å². The SMILES string of the molecule is COC1CCC2(CC1)Cc1ccc(F)cc1C21NC(=O)NC1=O. The second-order valence-electron chi connectivity index (χ2n) is 6.85. The molecule has 3 amide bonds. The number of hydrogen-bond donors (Lipinski definition) is 2. The minimum atomic E-state index is -1.15. The third-order valence-corrected chi connectivity index (χ3v) is 5.89. The largest absolute Gasteiger partial charge is 0.381 e. The molecule has 122 valence electrons. The van der Waals surface area contributed by atoms with Crippen LogP contribution >= 0.6 is 0 Å². The van der Waals surface area contributed by atoms with Crippen LogP contribution in [0.5, 0.6) is 0 Å². The van der Waals surface area contributed by atoms with Crippen molar-refractivity contribution in [3.8, 4) is 0 Å². The lowest BCUT2D eigenvalue weighted by molar-refractivity contribution is -0.131. The van der Waals surface area contributed by atoms with Crippen LogP contribution in [0.3, 0.4) is 0 Å². The van der Waals surface area contributed by atoms with Gasteiger partial charge in [-0.05, 0) is 55.4 Å². The van der Waals surface area contributed by atoms with Crippen molar-refractivity contribution in [2.45, 2.75) is 43.7 Å². The van der Waals surface area contributed by atoms with Crippen LogP contribution in [0.2, 0.25) is 0 Å². The van der Waals surface area contributed by atoms with E-state index in [4.69, 9.17) is 4.74 Å². The first-order valence-corrected chi connectivity index (χ1v) is 7.96. The van der Waals surface area contributed by atoms with E-state index < -0.39 is 17.0 Å². The van der Waals surface area contributed by atoms with Gasteiger partial charge in [-0.2, -0.15) is 0 Å². The van der Waals surface area contributed by atoms with Gasteiger partial charge < -0.3 is 10.1 Å². The van der Waals surface area contributed by atoms with Gasteiger partial charge in [0, 0.05) is 12.5 Å². The fraction of sp³-hybridized carbons (Fsp3) is 0.529. The normalized spacial score (nSPS) is 35.5. The molecule has 6 heteroatoms. The summed E-state index contributed by atoms with van der Waals surface area (Å²) in [5.74, 6) is -0.748. The maximum Gasteiger partial charge on any atom is 0.322 e. The summed E-state index contributed by atoms with van der Waals surface area (Å²) in [6.45, 7) is 0. The summed E-state index contributed by atoms with van der Waals surface area (Å²) in [6, 6.07) is 4.06. The lowest BCUT2D eigenvalue weighted by Gasteiger charge is -2.46. The molecule has 1 saturated heterocycles. The first-order chi connectivity index (χ1) is 11.0. The van der Waals surface area contributed by atoms with Crippen LogP contribution in [-0.4, -0.2) is 25.2 Å². The Hall–Kier alpha value is -1.95. The molecule has 2 N–H and O–H groups in total. The number of amides is 3. The fourth-order valence-electron chi connectivity index (χ4n) is 4.78. The molecule has 1 heterocycles. The van der Waals surface area contributed by atoms with Crippen molar-refractivity contribution in [3.05, 3.63) is 35.1 Å². The predicted molar refractivity (Wildman–Crippen MR) is 80.2 cm³/mol. The van der Waals surface area contributed by atoms with Crippen LogP contribution < -0.4 is 10.6 Å². The quantitative estimate of drug-likeness (QED) is 0.778. The molecule has 2 fully saturated rings. The Morgan fingerprint density at radius 3 is 2.61 bits per heavy atom. The smallest absolute Gasteiger partial charge is 0.322 e. The molecule has 5 nitrogen and oxygen atoms in total. The standard InChI is InChI=1S/C17H19FN2O3/c1-23-12-4-6-16(7-5-12)9-10-2-3-11(18)8-13(10)17(16)14(21)19-15(22)20-17/h2-3,8,12H,4-7,9H2,1H3,(H2,19,20,21,22). The van der Waals surface area contributed by atoms with E-state index >= 15 is 0 Å². The molecule has 1 atom stereocenters. The Labute approximate surface area is 133 Å². The monoisotopic (exact) mass is 318 g/mol. The summed E-state index contributed by atoms with van der Waals surface area (Å²) < 4.78 is 19.3. The highest BCUT2D eigenvalue weighted by Crippen LogP contribution is 2.58. The van der Waals surface area contributed by atoms with E-state index in [2.05, 4.69) is 10.6 Å². The van der Waals surface area contributed by atoms with Gasteiger partial charge in [-0.15, -0.1) is 0 Å². The molecule has 0 radical (unpaired) electrons. The molecule has 1 unspecified atom stereocenters. The molecule has 0 aromatic heterocycles. The highest BCUT2D eigenvalue weighted by molar-refractivity contribution is 6.08. The molecule has 2 spiro atoms. The third kappa shape index (κ3) is 1.81. The van der Waals surface area contributed by atoms with Crippen molar-refractivity contribution < 1.29 is 18.7 Å². The number of hydrogen-bond acceptors (Lipinski definition) is 3. The molecule has 1 aromatic carbocycles. The zero-order chi connectivity index (χ0) is 16.2. The van der Waals surface area contributed by atoms with E-state index in [1.807, 2.05) is 0 Å². The zero-order valence-electron chi connectivity index (χ0n) is 12.9. The van der Waals surface area contributed by atoms with E-state index in [1.54, 1.807) is 13.2 Å². The van der Waals surface area contributed by atoms with Crippen molar-refractivity contribution in [3.63, 3.8) is 0 Å². The molecule has 1 aromatic rings. The number of urea groups is 1. The average Bonchev–Trinajstić information content (AvgIpc) is 2.97. The fourth-order valence-corrected chi connectivity index (χ4v) is 4.78. The molecule has 1 saturated carbocycles. The summed E-state index contributed by atoms with van der Waals surface area (Å²) in [4.78, 5) is 24.7. The van der Waals surface area contributed by atoms with Crippen LogP contribution in [0.15, 0.2) is 18.2 Å². The first-order valence-electron chi connectivity index (χ1n) is 7.96. The molecular weight excluding hydrogens is 299 g/mol. The van der Waals surface area contributed by atoms with Crippen molar-refractivity contribution in [2.75, 3.05) is 7.11 Å². The number of ether oxygens (including phenoxy) is 1. The lowest BCUT2D eigenvalue weighted by atomic mass is 9.61. The number of rotatable bonds is 1. The summed E-state index contributed by atoms with van der Waals surface area (Å²) in [5, 5.41) is 5.21. The number of benzene rings is 1. The number of halogens is 1. The Balaban J connectivity index is 1.85. The average molecular weight is 318 g/mol. The molecule has 2 aliphatic carbocycles. The Morgan fingerprint density at radius 1 is 1.26 bits per heavy atom. The van der Waals surface area contributed by atoms with Crippen molar-refractivity contribution in [1.29, 1.82) is 0 Å². The Bertz CT molecular complexity index is 697.